The van der Waals surface area contributed by atoms with Crippen molar-refractivity contribution in [2.45, 2.75) is 39.5 Å². The van der Waals surface area contributed by atoms with Gasteiger partial charge in [-0.1, -0.05) is 45.4 Å². The molecule has 100 valence electrons. The highest BCUT2D eigenvalue weighted by Crippen LogP contribution is 2.25. The molecule has 0 amide bonds. The van der Waals surface area contributed by atoms with Crippen LogP contribution in [0.5, 0.6) is 0 Å². The lowest BCUT2D eigenvalue weighted by Crippen LogP contribution is -1.93. The molecule has 4 nitrogen and oxygen atoms in total. The average Bonchev–Trinajstić information content (AvgIpc) is 2.33. The van der Waals surface area contributed by atoms with Crippen molar-refractivity contribution in [1.29, 1.82) is 0 Å². The summed E-state index contributed by atoms with van der Waals surface area (Å²) in [6, 6.07) is 6.36. The van der Waals surface area contributed by atoms with E-state index in [2.05, 4.69) is 45.9 Å². The van der Waals surface area contributed by atoms with E-state index in [1.807, 2.05) is 0 Å². The molecule has 1 aromatic carbocycles. The minimum absolute atomic E-state index is 0.552. The van der Waals surface area contributed by atoms with Crippen LogP contribution < -0.4 is 0 Å². The minimum atomic E-state index is 0.552. The Labute approximate surface area is 107 Å². The number of benzene rings is 1. The zero-order chi connectivity index (χ0) is 14.0. The molecule has 0 aromatic heterocycles. The Morgan fingerprint density at radius 2 is 1.06 bits per heavy atom. The molecule has 0 fully saturated rings. The maximum Gasteiger partial charge on any atom is 0.0411 e. The van der Waals surface area contributed by atoms with Crippen molar-refractivity contribution in [2.75, 3.05) is 0 Å². The van der Waals surface area contributed by atoms with Crippen molar-refractivity contribution in [1.82, 2.24) is 0 Å². The van der Waals surface area contributed by atoms with Gasteiger partial charge < -0.3 is 0 Å². The van der Waals surface area contributed by atoms with Crippen LogP contribution in [-0.4, -0.2) is 21.0 Å². The van der Waals surface area contributed by atoms with E-state index in [1.54, 1.807) is 0 Å². The molecule has 0 aliphatic rings. The average molecular weight is 265 g/mol. The van der Waals surface area contributed by atoms with Gasteiger partial charge >= 0.3 is 0 Å². The molecular weight excluding hydrogens is 244 g/mol. The third-order valence-corrected chi connectivity index (χ3v) is 2.49. The van der Waals surface area contributed by atoms with Crippen molar-refractivity contribution < 1.29 is 21.0 Å². The Balaban J connectivity index is 0. The first-order valence-corrected chi connectivity index (χ1v) is 5.59. The first-order valence-electron chi connectivity index (χ1n) is 5.21. The number of halogens is 1. The van der Waals surface area contributed by atoms with E-state index in [0.29, 0.717) is 11.8 Å². The third kappa shape index (κ3) is 7.31. The summed E-state index contributed by atoms with van der Waals surface area (Å²) in [6.07, 6.45) is 0. The first-order chi connectivity index (χ1) is 8.00. The predicted molar refractivity (Wildman–Crippen MR) is 70.1 cm³/mol. The smallest absolute Gasteiger partial charge is 0.0411 e. The van der Waals surface area contributed by atoms with Gasteiger partial charge in [-0.2, -0.15) is 0 Å². The molecule has 17 heavy (non-hydrogen) atoms. The zero-order valence-electron chi connectivity index (χ0n) is 10.6. The lowest BCUT2D eigenvalue weighted by Gasteiger charge is -2.11. The molecule has 4 N–H and O–H groups in total. The summed E-state index contributed by atoms with van der Waals surface area (Å²) in [5.74, 6) is 1.10. The van der Waals surface area contributed by atoms with E-state index in [1.165, 1.54) is 11.1 Å². The molecule has 0 atom stereocenters. The lowest BCUT2D eigenvalue weighted by molar-refractivity contribution is -0.176. The van der Waals surface area contributed by atoms with Gasteiger partial charge in [0.25, 0.3) is 0 Å². The van der Waals surface area contributed by atoms with Gasteiger partial charge in [0, 0.05) is 5.02 Å². The second-order valence-electron chi connectivity index (χ2n) is 4.13. The molecule has 0 aliphatic carbocycles. The van der Waals surface area contributed by atoms with Gasteiger partial charge in [-0.25, -0.2) is 0 Å². The Morgan fingerprint density at radius 1 is 0.765 bits per heavy atom. The summed E-state index contributed by atoms with van der Waals surface area (Å²) < 4.78 is 0. The summed E-state index contributed by atoms with van der Waals surface area (Å²) in [5.41, 5.74) is 2.66. The molecule has 0 saturated heterocycles. The van der Waals surface area contributed by atoms with Crippen molar-refractivity contribution >= 4 is 11.6 Å². The molecule has 0 unspecified atom stereocenters. The molecule has 0 heterocycles. The number of hydrogen-bond acceptors (Lipinski definition) is 4. The topological polar surface area (TPSA) is 80.9 Å². The van der Waals surface area contributed by atoms with Crippen LogP contribution in [0, 0.1) is 0 Å². The maximum absolute atomic E-state index is 6.04. The highest BCUT2D eigenvalue weighted by Gasteiger charge is 2.05. The highest BCUT2D eigenvalue weighted by atomic mass is 35.5. The fourth-order valence-corrected chi connectivity index (χ4v) is 1.55. The van der Waals surface area contributed by atoms with Crippen LogP contribution in [0.15, 0.2) is 18.2 Å². The van der Waals surface area contributed by atoms with Crippen LogP contribution in [0.1, 0.15) is 50.7 Å². The fraction of sp³-hybridized carbons (Fsp3) is 0.500. The summed E-state index contributed by atoms with van der Waals surface area (Å²) in [7, 11) is 0. The largest absolute Gasteiger partial charge is 0.255 e. The van der Waals surface area contributed by atoms with E-state index in [4.69, 9.17) is 32.6 Å². The van der Waals surface area contributed by atoms with E-state index in [0.717, 1.165) is 5.02 Å². The maximum atomic E-state index is 6.04. The SMILES string of the molecule is CC(C)c1cc(Cl)cc(C(C)C)c1.OO.OO. The van der Waals surface area contributed by atoms with Gasteiger partial charge in [-0.05, 0) is 35.1 Å². The van der Waals surface area contributed by atoms with Crippen molar-refractivity contribution in [3.63, 3.8) is 0 Å². The Kier molecular flexibility index (Phi) is 11.6. The molecule has 0 spiro atoms. The van der Waals surface area contributed by atoms with Crippen LogP contribution in [0.3, 0.4) is 0 Å². The van der Waals surface area contributed by atoms with Gasteiger partial charge in [0.1, 0.15) is 0 Å². The van der Waals surface area contributed by atoms with Gasteiger partial charge in [0.15, 0.2) is 0 Å². The van der Waals surface area contributed by atoms with Gasteiger partial charge in [-0.3, -0.25) is 21.0 Å². The monoisotopic (exact) mass is 264 g/mol. The normalized spacial score (nSPS) is 9.35. The van der Waals surface area contributed by atoms with E-state index < -0.39 is 0 Å². The van der Waals surface area contributed by atoms with E-state index in [9.17, 15) is 0 Å². The second-order valence-corrected chi connectivity index (χ2v) is 4.56. The van der Waals surface area contributed by atoms with E-state index >= 15 is 0 Å². The Hall–Kier alpha value is -0.650. The van der Waals surface area contributed by atoms with Gasteiger partial charge in [0.05, 0.1) is 0 Å². The van der Waals surface area contributed by atoms with Crippen molar-refractivity contribution in [3.05, 3.63) is 34.3 Å². The molecule has 0 aliphatic heterocycles. The lowest BCUT2D eigenvalue weighted by atomic mass is 9.96. The Bertz CT molecular complexity index is 274. The van der Waals surface area contributed by atoms with Crippen LogP contribution in [0.25, 0.3) is 0 Å². The molecule has 0 bridgehead atoms. The van der Waals surface area contributed by atoms with E-state index in [-0.39, 0.29) is 0 Å². The Morgan fingerprint density at radius 3 is 1.29 bits per heavy atom. The van der Waals surface area contributed by atoms with Gasteiger partial charge in [0.2, 0.25) is 0 Å². The molecule has 0 saturated carbocycles. The molecule has 1 aromatic rings. The van der Waals surface area contributed by atoms with Crippen LogP contribution in [0.4, 0.5) is 0 Å². The highest BCUT2D eigenvalue weighted by molar-refractivity contribution is 6.30. The van der Waals surface area contributed by atoms with Crippen LogP contribution in [0.2, 0.25) is 5.02 Å². The molecule has 5 heteroatoms. The summed E-state index contributed by atoms with van der Waals surface area (Å²) in [5, 5.41) is 24.9. The number of rotatable bonds is 2. The van der Waals surface area contributed by atoms with Crippen molar-refractivity contribution in [3.8, 4) is 0 Å². The molecular formula is C12H21ClO4. The van der Waals surface area contributed by atoms with Crippen LogP contribution in [-0.2, 0) is 0 Å². The third-order valence-electron chi connectivity index (χ3n) is 2.28. The van der Waals surface area contributed by atoms with Gasteiger partial charge in [-0.15, -0.1) is 0 Å². The van der Waals surface area contributed by atoms with Crippen molar-refractivity contribution in [2.24, 2.45) is 0 Å². The zero-order valence-corrected chi connectivity index (χ0v) is 11.3. The molecule has 1 rings (SSSR count). The summed E-state index contributed by atoms with van der Waals surface area (Å²) in [4.78, 5) is 0. The predicted octanol–water partition coefficient (Wildman–Crippen LogP) is 4.62. The quantitative estimate of drug-likeness (QED) is 0.464. The second kappa shape index (κ2) is 10.5. The summed E-state index contributed by atoms with van der Waals surface area (Å²) >= 11 is 6.04. The van der Waals surface area contributed by atoms with Crippen LogP contribution >= 0.6 is 11.6 Å². The standard InChI is InChI=1S/C12H17Cl.2H2O2/c1-8(2)10-5-11(9(3)4)7-12(13)6-10;2*1-2/h5-9H,1-4H3;2*1-2H. The molecule has 0 radical (unpaired) electrons. The fourth-order valence-electron chi connectivity index (χ4n) is 1.30. The minimum Gasteiger partial charge on any atom is -0.255 e. The number of hydrogen-bond donors (Lipinski definition) is 4. The first kappa shape index (κ1) is 18.7. The summed E-state index contributed by atoms with van der Waals surface area (Å²) in [6.45, 7) is 8.76.